The van der Waals surface area contributed by atoms with Crippen LogP contribution >= 0.6 is 0 Å². The molecule has 2 aromatic carbocycles. The minimum Gasteiger partial charge on any atom is -0.497 e. The predicted molar refractivity (Wildman–Crippen MR) is 87.0 cm³/mol. The number of rotatable bonds is 6. The van der Waals surface area contributed by atoms with Crippen LogP contribution in [0.2, 0.25) is 0 Å². The third-order valence-corrected chi connectivity index (χ3v) is 3.19. The monoisotopic (exact) mass is 311 g/mol. The maximum Gasteiger partial charge on any atom is 0.330 e. The molecule has 0 heterocycles. The minimum absolute atomic E-state index is 0.482. The molecule has 0 bridgehead atoms. The molecule has 1 amide bonds. The van der Waals surface area contributed by atoms with Crippen molar-refractivity contribution in [2.75, 3.05) is 7.11 Å². The third kappa shape index (κ3) is 4.71. The molecule has 0 spiro atoms. The molecule has 0 aromatic heterocycles. The summed E-state index contributed by atoms with van der Waals surface area (Å²) in [4.78, 5) is 23.3. The Morgan fingerprint density at radius 1 is 1.13 bits per heavy atom. The van der Waals surface area contributed by atoms with Gasteiger partial charge in [-0.15, -0.1) is 0 Å². The highest BCUT2D eigenvalue weighted by atomic mass is 16.5. The average Bonchev–Trinajstić information content (AvgIpc) is 2.58. The van der Waals surface area contributed by atoms with E-state index in [2.05, 4.69) is 5.32 Å². The highest BCUT2D eigenvalue weighted by Gasteiger charge is 2.20. The molecule has 1 atom stereocenters. The first kappa shape index (κ1) is 16.3. The number of amides is 1. The number of hydrogen-bond donors (Lipinski definition) is 2. The number of carbonyl (C=O) groups is 2. The molecule has 118 valence electrons. The number of carboxylic acid groups (broad SMARTS) is 1. The fourth-order valence-electron chi connectivity index (χ4n) is 2.04. The Kier molecular flexibility index (Phi) is 5.52. The summed E-state index contributed by atoms with van der Waals surface area (Å²) in [6.45, 7) is 0. The topological polar surface area (TPSA) is 75.6 Å². The van der Waals surface area contributed by atoms with Crippen molar-refractivity contribution in [2.24, 2.45) is 0 Å². The molecule has 2 aromatic rings. The fourth-order valence-corrected chi connectivity index (χ4v) is 2.04. The number of methoxy groups -OCH3 is 1. The smallest absolute Gasteiger partial charge is 0.330 e. The third-order valence-electron chi connectivity index (χ3n) is 3.19. The summed E-state index contributed by atoms with van der Waals surface area (Å²) in [5.41, 5.74) is 1.30. The van der Waals surface area contributed by atoms with E-state index in [-0.39, 0.29) is 0 Å². The van der Waals surface area contributed by atoms with Gasteiger partial charge >= 0.3 is 5.97 Å². The maximum absolute atomic E-state index is 12.0. The first-order valence-electron chi connectivity index (χ1n) is 7.00. The molecule has 0 aliphatic carbocycles. The molecule has 5 heteroatoms. The molecule has 0 radical (unpaired) electrons. The molecule has 0 aliphatic rings. The van der Waals surface area contributed by atoms with Crippen LogP contribution in [0.1, 0.15) is 17.2 Å². The molecular formula is C18H17NO4. The Morgan fingerprint density at radius 3 is 2.52 bits per heavy atom. The van der Waals surface area contributed by atoms with E-state index in [9.17, 15) is 14.7 Å². The average molecular weight is 311 g/mol. The molecule has 2 rings (SSSR count). The Balaban J connectivity index is 2.07. The number of aliphatic carboxylic acids is 1. The van der Waals surface area contributed by atoms with Crippen LogP contribution in [0.25, 0.3) is 6.08 Å². The second-order valence-corrected chi connectivity index (χ2v) is 4.80. The van der Waals surface area contributed by atoms with Gasteiger partial charge in [0, 0.05) is 6.08 Å². The number of benzene rings is 2. The summed E-state index contributed by atoms with van der Waals surface area (Å²) in [5, 5.41) is 11.7. The van der Waals surface area contributed by atoms with Gasteiger partial charge in [0.1, 0.15) is 5.75 Å². The van der Waals surface area contributed by atoms with E-state index < -0.39 is 17.9 Å². The summed E-state index contributed by atoms with van der Waals surface area (Å²) >= 11 is 0. The molecule has 0 fully saturated rings. The Hall–Kier alpha value is -3.08. The van der Waals surface area contributed by atoms with E-state index in [1.54, 1.807) is 61.7 Å². The van der Waals surface area contributed by atoms with Crippen LogP contribution in [-0.2, 0) is 9.59 Å². The van der Waals surface area contributed by atoms with Gasteiger partial charge in [-0.25, -0.2) is 4.79 Å². The lowest BCUT2D eigenvalue weighted by Crippen LogP contribution is -2.32. The van der Waals surface area contributed by atoms with Gasteiger partial charge in [0.15, 0.2) is 6.04 Å². The van der Waals surface area contributed by atoms with Gasteiger partial charge < -0.3 is 15.2 Å². The van der Waals surface area contributed by atoms with E-state index >= 15 is 0 Å². The van der Waals surface area contributed by atoms with Crippen LogP contribution in [0.15, 0.2) is 60.7 Å². The Bertz CT molecular complexity index is 710. The predicted octanol–water partition coefficient (Wildman–Crippen LogP) is 2.65. The van der Waals surface area contributed by atoms with E-state index in [0.29, 0.717) is 11.3 Å². The molecule has 23 heavy (non-hydrogen) atoms. The van der Waals surface area contributed by atoms with Crippen molar-refractivity contribution in [1.82, 2.24) is 5.32 Å². The molecule has 0 aliphatic heterocycles. The van der Waals surface area contributed by atoms with Crippen LogP contribution in [0.4, 0.5) is 0 Å². The quantitative estimate of drug-likeness (QED) is 0.804. The van der Waals surface area contributed by atoms with Crippen LogP contribution in [0, 0.1) is 0 Å². The van der Waals surface area contributed by atoms with E-state index in [1.165, 1.54) is 6.08 Å². The Labute approximate surface area is 134 Å². The lowest BCUT2D eigenvalue weighted by atomic mass is 10.1. The molecule has 1 unspecified atom stereocenters. The van der Waals surface area contributed by atoms with Crippen molar-refractivity contribution in [3.63, 3.8) is 0 Å². The zero-order valence-electron chi connectivity index (χ0n) is 12.6. The van der Waals surface area contributed by atoms with Crippen LogP contribution in [-0.4, -0.2) is 24.1 Å². The number of carboxylic acids is 1. The van der Waals surface area contributed by atoms with Crippen molar-refractivity contribution >= 4 is 18.0 Å². The summed E-state index contributed by atoms with van der Waals surface area (Å²) in [5.74, 6) is -0.913. The normalized spacial score (nSPS) is 11.9. The number of hydrogen-bond acceptors (Lipinski definition) is 3. The van der Waals surface area contributed by atoms with Gasteiger partial charge in [-0.3, -0.25) is 4.79 Å². The fraction of sp³-hybridized carbons (Fsp3) is 0.111. The zero-order valence-corrected chi connectivity index (χ0v) is 12.6. The van der Waals surface area contributed by atoms with Crippen molar-refractivity contribution < 1.29 is 19.4 Å². The van der Waals surface area contributed by atoms with E-state index in [1.807, 2.05) is 6.07 Å². The minimum atomic E-state index is -1.11. The number of nitrogens with one attached hydrogen (secondary N) is 1. The largest absolute Gasteiger partial charge is 0.497 e. The number of ether oxygens (including phenoxy) is 1. The van der Waals surface area contributed by atoms with Gasteiger partial charge in [-0.05, 0) is 29.3 Å². The SMILES string of the molecule is COc1cccc(/C=C/C(=O)NC(C(=O)O)c2ccccc2)c1. The maximum atomic E-state index is 12.0. The van der Waals surface area contributed by atoms with Gasteiger partial charge in [-0.2, -0.15) is 0 Å². The zero-order chi connectivity index (χ0) is 16.7. The van der Waals surface area contributed by atoms with Crippen LogP contribution < -0.4 is 10.1 Å². The molecular weight excluding hydrogens is 294 g/mol. The summed E-state index contributed by atoms with van der Waals surface area (Å²) in [7, 11) is 1.56. The number of carbonyl (C=O) groups excluding carboxylic acids is 1. The standard InChI is InChI=1S/C18H17NO4/c1-23-15-9-5-6-13(12-15)10-11-16(20)19-17(18(21)22)14-7-3-2-4-8-14/h2-12,17H,1H3,(H,19,20)(H,21,22)/b11-10+. The van der Waals surface area contributed by atoms with Gasteiger partial charge in [0.25, 0.3) is 0 Å². The first-order chi connectivity index (χ1) is 11.1. The van der Waals surface area contributed by atoms with Gasteiger partial charge in [-0.1, -0.05) is 42.5 Å². The summed E-state index contributed by atoms with van der Waals surface area (Å²) in [6, 6.07) is 14.7. The lowest BCUT2D eigenvalue weighted by molar-refractivity contribution is -0.141. The van der Waals surface area contributed by atoms with Crippen LogP contribution in [0.5, 0.6) is 5.75 Å². The molecule has 0 saturated carbocycles. The van der Waals surface area contributed by atoms with Gasteiger partial charge in [0.2, 0.25) is 5.91 Å². The molecule has 2 N–H and O–H groups in total. The summed E-state index contributed by atoms with van der Waals surface area (Å²) in [6.07, 6.45) is 2.90. The highest BCUT2D eigenvalue weighted by Crippen LogP contribution is 2.15. The van der Waals surface area contributed by atoms with Gasteiger partial charge in [0.05, 0.1) is 7.11 Å². The van der Waals surface area contributed by atoms with Crippen molar-refractivity contribution in [2.45, 2.75) is 6.04 Å². The van der Waals surface area contributed by atoms with Crippen molar-refractivity contribution in [3.05, 3.63) is 71.8 Å². The molecule has 5 nitrogen and oxygen atoms in total. The Morgan fingerprint density at radius 2 is 1.87 bits per heavy atom. The van der Waals surface area contributed by atoms with E-state index in [0.717, 1.165) is 5.56 Å². The van der Waals surface area contributed by atoms with Crippen molar-refractivity contribution in [3.8, 4) is 5.75 Å². The lowest BCUT2D eigenvalue weighted by Gasteiger charge is -2.13. The highest BCUT2D eigenvalue weighted by molar-refractivity contribution is 5.94. The van der Waals surface area contributed by atoms with Crippen LogP contribution in [0.3, 0.4) is 0 Å². The first-order valence-corrected chi connectivity index (χ1v) is 7.00. The summed E-state index contributed by atoms with van der Waals surface area (Å²) < 4.78 is 5.10. The second-order valence-electron chi connectivity index (χ2n) is 4.80. The van der Waals surface area contributed by atoms with E-state index in [4.69, 9.17) is 4.74 Å². The second kappa shape index (κ2) is 7.79. The molecule has 0 saturated heterocycles. The van der Waals surface area contributed by atoms with Crippen molar-refractivity contribution in [1.29, 1.82) is 0 Å².